The average molecular weight is 911 g/mol. The lowest BCUT2D eigenvalue weighted by molar-refractivity contribution is -0.870. The summed E-state index contributed by atoms with van der Waals surface area (Å²) in [6.07, 6.45) is 56.9. The molecule has 0 aliphatic rings. The predicted molar refractivity (Wildman–Crippen MR) is 270 cm³/mol. The Morgan fingerprint density at radius 3 is 1.24 bits per heavy atom. The summed E-state index contributed by atoms with van der Waals surface area (Å²) in [6.45, 7) is 4.66. The molecule has 2 N–H and O–H groups in total. The summed E-state index contributed by atoms with van der Waals surface area (Å²) in [6, 6.07) is -0.882. The van der Waals surface area contributed by atoms with Crippen LogP contribution in [0, 0.1) is 0 Å². The number of amides is 1. The van der Waals surface area contributed by atoms with Crippen LogP contribution < -0.4 is 10.2 Å². The van der Waals surface area contributed by atoms with Crippen LogP contribution >= 0.6 is 7.82 Å². The maximum absolute atomic E-state index is 12.9. The Bertz CT molecular complexity index is 1080. The van der Waals surface area contributed by atoms with Crippen molar-refractivity contribution in [3.63, 3.8) is 0 Å². The van der Waals surface area contributed by atoms with Crippen LogP contribution in [0.1, 0.15) is 264 Å². The summed E-state index contributed by atoms with van der Waals surface area (Å²) in [5, 5.41) is 13.8. The number of carbonyl (C=O) groups is 1. The lowest BCUT2D eigenvalue weighted by Crippen LogP contribution is -2.45. The van der Waals surface area contributed by atoms with Crippen molar-refractivity contribution in [2.75, 3.05) is 40.9 Å². The van der Waals surface area contributed by atoms with Crippen LogP contribution in [0.2, 0.25) is 0 Å². The second-order valence-corrected chi connectivity index (χ2v) is 21.3. The molecule has 0 bridgehead atoms. The molecule has 63 heavy (non-hydrogen) atoms. The highest BCUT2D eigenvalue weighted by Crippen LogP contribution is 2.38. The normalized spacial score (nSPS) is 14.2. The fraction of sp³-hybridized carbons (Fsp3) is 0.907. The van der Waals surface area contributed by atoms with Gasteiger partial charge in [-0.1, -0.05) is 237 Å². The third-order valence-electron chi connectivity index (χ3n) is 12.4. The molecule has 0 fully saturated rings. The number of carbonyl (C=O) groups excluding carboxylic acids is 1. The minimum absolute atomic E-state index is 0.000628. The van der Waals surface area contributed by atoms with E-state index in [1.165, 1.54) is 205 Å². The lowest BCUT2D eigenvalue weighted by atomic mass is 10.0. The minimum atomic E-state index is -4.59. The standard InChI is InChI=1S/C54H107N2O6P/c1-6-8-10-12-14-16-18-19-20-21-22-23-24-25-26-27-28-29-30-31-32-33-34-35-36-38-40-42-44-46-48-54(58)55-52(51-62-63(59,60)61-50-49-56(3,4)5)53(57)47-45-43-41-39-37-17-15-13-11-9-7-2/h25-26,45,47,52-53,57H,6-24,27-44,46,48-51H2,1-5H3,(H-,55,58,59,60)/b26-25-,47-45+. The molecule has 0 rings (SSSR count). The number of aliphatic hydroxyl groups is 1. The second-order valence-electron chi connectivity index (χ2n) is 19.9. The van der Waals surface area contributed by atoms with Crippen LogP contribution in [-0.4, -0.2) is 68.5 Å². The number of allylic oxidation sites excluding steroid dienone is 3. The quantitative estimate of drug-likeness (QED) is 0.0272. The zero-order valence-corrected chi connectivity index (χ0v) is 43.4. The van der Waals surface area contributed by atoms with E-state index in [9.17, 15) is 19.4 Å². The van der Waals surface area contributed by atoms with Gasteiger partial charge < -0.3 is 28.8 Å². The van der Waals surface area contributed by atoms with Gasteiger partial charge in [-0.3, -0.25) is 9.36 Å². The molecule has 0 heterocycles. The van der Waals surface area contributed by atoms with Gasteiger partial charge in [-0.25, -0.2) is 0 Å². The van der Waals surface area contributed by atoms with Gasteiger partial charge in [0.2, 0.25) is 5.91 Å². The third-order valence-corrected chi connectivity index (χ3v) is 13.4. The van der Waals surface area contributed by atoms with Crippen LogP contribution in [0.4, 0.5) is 0 Å². The molecule has 3 atom stereocenters. The summed E-state index contributed by atoms with van der Waals surface area (Å²) >= 11 is 0. The summed E-state index contributed by atoms with van der Waals surface area (Å²) in [7, 11) is 1.27. The Morgan fingerprint density at radius 1 is 0.540 bits per heavy atom. The number of unbranched alkanes of at least 4 members (excludes halogenated alkanes) is 35. The molecular formula is C54H107N2O6P. The highest BCUT2D eigenvalue weighted by Gasteiger charge is 2.23. The van der Waals surface area contributed by atoms with E-state index in [-0.39, 0.29) is 19.1 Å². The Balaban J connectivity index is 4.02. The highest BCUT2D eigenvalue weighted by atomic mass is 31.2. The molecule has 9 heteroatoms. The van der Waals surface area contributed by atoms with Crippen molar-refractivity contribution in [3.8, 4) is 0 Å². The largest absolute Gasteiger partial charge is 0.756 e. The topological polar surface area (TPSA) is 108 Å². The fourth-order valence-electron chi connectivity index (χ4n) is 8.09. The Hall–Kier alpha value is -1.02. The van der Waals surface area contributed by atoms with Crippen molar-refractivity contribution in [1.82, 2.24) is 5.32 Å². The van der Waals surface area contributed by atoms with Crippen molar-refractivity contribution in [2.24, 2.45) is 0 Å². The molecule has 0 spiro atoms. The molecule has 374 valence electrons. The summed E-state index contributed by atoms with van der Waals surface area (Å²) in [5.41, 5.74) is 0. The summed E-state index contributed by atoms with van der Waals surface area (Å²) in [5.74, 6) is -0.196. The molecule has 0 aromatic carbocycles. The highest BCUT2D eigenvalue weighted by molar-refractivity contribution is 7.45. The number of aliphatic hydroxyl groups excluding tert-OH is 1. The van der Waals surface area contributed by atoms with E-state index in [4.69, 9.17) is 9.05 Å². The Kier molecular flexibility index (Phi) is 45.4. The summed E-state index contributed by atoms with van der Waals surface area (Å²) in [4.78, 5) is 25.4. The monoisotopic (exact) mass is 911 g/mol. The van der Waals surface area contributed by atoms with E-state index in [1.54, 1.807) is 6.08 Å². The maximum Gasteiger partial charge on any atom is 0.268 e. The van der Waals surface area contributed by atoms with Gasteiger partial charge in [0.1, 0.15) is 13.2 Å². The number of hydrogen-bond donors (Lipinski definition) is 2. The average Bonchev–Trinajstić information content (AvgIpc) is 3.24. The van der Waals surface area contributed by atoms with Crippen LogP contribution in [0.5, 0.6) is 0 Å². The number of likely N-dealkylation sites (N-methyl/N-ethyl adjacent to an activating group) is 1. The van der Waals surface area contributed by atoms with E-state index in [2.05, 4.69) is 31.3 Å². The zero-order valence-electron chi connectivity index (χ0n) is 42.5. The maximum atomic E-state index is 12.9. The number of rotatable bonds is 50. The number of nitrogens with zero attached hydrogens (tertiary/aromatic N) is 1. The van der Waals surface area contributed by atoms with Gasteiger partial charge in [0, 0.05) is 6.42 Å². The van der Waals surface area contributed by atoms with Gasteiger partial charge in [0.15, 0.2) is 0 Å². The molecule has 0 radical (unpaired) electrons. The van der Waals surface area contributed by atoms with Gasteiger partial charge in [-0.05, 0) is 44.9 Å². The number of phosphoric ester groups is 1. The Morgan fingerprint density at radius 2 is 0.873 bits per heavy atom. The van der Waals surface area contributed by atoms with E-state index in [1.807, 2.05) is 27.2 Å². The first kappa shape index (κ1) is 62.0. The molecule has 3 unspecified atom stereocenters. The first-order chi connectivity index (χ1) is 30.5. The van der Waals surface area contributed by atoms with Crippen LogP contribution in [0.15, 0.2) is 24.3 Å². The van der Waals surface area contributed by atoms with E-state index < -0.39 is 20.0 Å². The van der Waals surface area contributed by atoms with E-state index in [0.717, 1.165) is 38.5 Å². The minimum Gasteiger partial charge on any atom is -0.756 e. The molecule has 1 amide bonds. The van der Waals surface area contributed by atoms with Crippen LogP contribution in [-0.2, 0) is 18.4 Å². The molecule has 0 saturated heterocycles. The van der Waals surface area contributed by atoms with Gasteiger partial charge in [0.05, 0.1) is 39.9 Å². The van der Waals surface area contributed by atoms with E-state index in [0.29, 0.717) is 17.4 Å². The smallest absolute Gasteiger partial charge is 0.268 e. The molecule has 0 aromatic heterocycles. The fourth-order valence-corrected chi connectivity index (χ4v) is 8.81. The van der Waals surface area contributed by atoms with Crippen molar-refractivity contribution >= 4 is 13.7 Å². The van der Waals surface area contributed by atoms with Crippen molar-refractivity contribution in [2.45, 2.75) is 276 Å². The number of nitrogens with one attached hydrogen (secondary N) is 1. The number of quaternary nitrogens is 1. The first-order valence-corrected chi connectivity index (χ1v) is 28.7. The lowest BCUT2D eigenvalue weighted by Gasteiger charge is -2.29. The number of hydrogen-bond acceptors (Lipinski definition) is 6. The van der Waals surface area contributed by atoms with Crippen molar-refractivity contribution in [3.05, 3.63) is 24.3 Å². The van der Waals surface area contributed by atoms with Crippen LogP contribution in [0.25, 0.3) is 0 Å². The SMILES string of the molecule is CCCCCCCCCCC/C=C/C(O)C(COP(=O)([O-])OCC[N+](C)(C)C)NC(=O)CCCCCCCCCCCCCCCC/C=C\CCCCCCCCCCCCCC. The summed E-state index contributed by atoms with van der Waals surface area (Å²) < 4.78 is 23.2. The van der Waals surface area contributed by atoms with Gasteiger partial charge in [0.25, 0.3) is 7.82 Å². The van der Waals surface area contributed by atoms with E-state index >= 15 is 0 Å². The molecule has 0 aliphatic heterocycles. The van der Waals surface area contributed by atoms with Gasteiger partial charge in [-0.15, -0.1) is 0 Å². The van der Waals surface area contributed by atoms with Gasteiger partial charge >= 0.3 is 0 Å². The van der Waals surface area contributed by atoms with Crippen molar-refractivity contribution < 1.29 is 32.9 Å². The molecule has 0 aliphatic carbocycles. The molecule has 0 aromatic rings. The predicted octanol–water partition coefficient (Wildman–Crippen LogP) is 15.4. The molecular weight excluding hydrogens is 804 g/mol. The second kappa shape index (κ2) is 46.1. The third kappa shape index (κ3) is 48.7. The van der Waals surface area contributed by atoms with Gasteiger partial charge in [-0.2, -0.15) is 0 Å². The molecule has 8 nitrogen and oxygen atoms in total. The van der Waals surface area contributed by atoms with Crippen LogP contribution in [0.3, 0.4) is 0 Å². The van der Waals surface area contributed by atoms with Crippen molar-refractivity contribution in [1.29, 1.82) is 0 Å². The zero-order chi connectivity index (χ0) is 46.4. The number of phosphoric acid groups is 1. The Labute approximate surface area is 392 Å². The molecule has 0 saturated carbocycles. The first-order valence-electron chi connectivity index (χ1n) is 27.2.